The minimum Gasteiger partial charge on any atom is -0.493 e. The largest absolute Gasteiger partial charge is 0.493 e. The predicted octanol–water partition coefficient (Wildman–Crippen LogP) is 6.27. The van der Waals surface area contributed by atoms with Crippen LogP contribution in [0.4, 0.5) is 0 Å². The summed E-state index contributed by atoms with van der Waals surface area (Å²) in [7, 11) is 1.51. The summed E-state index contributed by atoms with van der Waals surface area (Å²) in [5.41, 5.74) is 3.47. The van der Waals surface area contributed by atoms with Gasteiger partial charge in [0.2, 0.25) is 0 Å². The highest BCUT2D eigenvalue weighted by atomic mass is 35.5. The van der Waals surface area contributed by atoms with Gasteiger partial charge in [0, 0.05) is 17.0 Å². The molecule has 0 saturated heterocycles. The summed E-state index contributed by atoms with van der Waals surface area (Å²) in [5.74, 6) is 1.10. The molecule has 0 radical (unpaired) electrons. The van der Waals surface area contributed by atoms with Gasteiger partial charge in [-0.05, 0) is 48.0 Å². The number of ether oxygens (including phenoxy) is 3. The summed E-state index contributed by atoms with van der Waals surface area (Å²) in [5, 5.41) is 5.34. The van der Waals surface area contributed by atoms with Crippen molar-refractivity contribution >= 4 is 46.9 Å². The molecule has 9 heteroatoms. The lowest BCUT2D eigenvalue weighted by Crippen LogP contribution is -2.17. The number of halogens is 3. The number of carbonyl (C=O) groups is 1. The Bertz CT molecular complexity index is 1140. The number of amides is 1. The molecule has 0 atom stereocenters. The first-order valence-corrected chi connectivity index (χ1v) is 11.1. The van der Waals surface area contributed by atoms with Gasteiger partial charge in [-0.25, -0.2) is 5.43 Å². The van der Waals surface area contributed by atoms with Gasteiger partial charge in [0.25, 0.3) is 5.91 Å². The first kappa shape index (κ1) is 24.7. The molecule has 0 heterocycles. The second-order valence-corrected chi connectivity index (χ2v) is 7.98. The number of rotatable bonds is 10. The van der Waals surface area contributed by atoms with Crippen molar-refractivity contribution in [2.24, 2.45) is 5.10 Å². The van der Waals surface area contributed by atoms with Crippen molar-refractivity contribution in [2.75, 3.05) is 20.3 Å². The fourth-order valence-electron chi connectivity index (χ4n) is 2.79. The minimum absolute atomic E-state index is 0.351. The fourth-order valence-corrected chi connectivity index (χ4v) is 3.45. The first-order valence-electron chi connectivity index (χ1n) is 9.94. The maximum absolute atomic E-state index is 12.1. The number of benzene rings is 3. The van der Waals surface area contributed by atoms with Crippen LogP contribution in [0.3, 0.4) is 0 Å². The van der Waals surface area contributed by atoms with Crippen molar-refractivity contribution in [3.05, 3.63) is 86.9 Å². The molecule has 0 fully saturated rings. The molecule has 0 saturated carbocycles. The number of hydrazone groups is 1. The van der Waals surface area contributed by atoms with E-state index < -0.39 is 0 Å². The van der Waals surface area contributed by atoms with Crippen molar-refractivity contribution < 1.29 is 19.0 Å². The molecule has 0 spiro atoms. The molecule has 6 nitrogen and oxygen atoms in total. The lowest BCUT2D eigenvalue weighted by Gasteiger charge is -2.13. The van der Waals surface area contributed by atoms with Crippen LogP contribution in [0.25, 0.3) is 0 Å². The molecule has 0 aliphatic carbocycles. The average Bonchev–Trinajstić information content (AvgIpc) is 2.80. The average molecular weight is 508 g/mol. The molecule has 0 aromatic heterocycles. The smallest absolute Gasteiger partial charge is 0.271 e. The van der Waals surface area contributed by atoms with E-state index in [0.717, 1.165) is 0 Å². The van der Waals surface area contributed by atoms with Crippen molar-refractivity contribution in [1.82, 2.24) is 5.43 Å². The van der Waals surface area contributed by atoms with Crippen LogP contribution in [0.1, 0.15) is 22.3 Å². The van der Waals surface area contributed by atoms with E-state index in [-0.39, 0.29) is 5.91 Å². The predicted molar refractivity (Wildman–Crippen MR) is 132 cm³/mol. The first-order chi connectivity index (χ1) is 16.0. The number of nitrogens with one attached hydrogen (secondary N) is 1. The van der Waals surface area contributed by atoms with Crippen LogP contribution < -0.4 is 19.6 Å². The highest BCUT2D eigenvalue weighted by Crippen LogP contribution is 2.36. The number of carbonyl (C=O) groups excluding carboxylic acids is 1. The Morgan fingerprint density at radius 3 is 2.48 bits per heavy atom. The summed E-state index contributed by atoms with van der Waals surface area (Å²) in [4.78, 5) is 12.1. The number of para-hydroxylation sites is 1. The van der Waals surface area contributed by atoms with E-state index in [9.17, 15) is 4.79 Å². The molecule has 3 rings (SSSR count). The van der Waals surface area contributed by atoms with Crippen molar-refractivity contribution in [3.63, 3.8) is 0 Å². The summed E-state index contributed by atoms with van der Waals surface area (Å²) in [6, 6.07) is 17.2. The van der Waals surface area contributed by atoms with Crippen LogP contribution in [0, 0.1) is 0 Å². The third-order valence-electron chi connectivity index (χ3n) is 4.35. The van der Waals surface area contributed by atoms with Crippen LogP contribution in [-0.4, -0.2) is 32.4 Å². The Labute approximate surface area is 207 Å². The van der Waals surface area contributed by atoms with Crippen molar-refractivity contribution in [1.29, 1.82) is 0 Å². The Balaban J connectivity index is 1.54. The second kappa shape index (κ2) is 12.3. The van der Waals surface area contributed by atoms with E-state index in [1.165, 1.54) is 13.3 Å². The highest BCUT2D eigenvalue weighted by molar-refractivity contribution is 6.32. The molecule has 172 valence electrons. The maximum Gasteiger partial charge on any atom is 0.271 e. The molecule has 3 aromatic rings. The van der Waals surface area contributed by atoms with Crippen LogP contribution >= 0.6 is 34.8 Å². The topological polar surface area (TPSA) is 69.2 Å². The fraction of sp³-hybridized carbons (Fsp3) is 0.167. The van der Waals surface area contributed by atoms with Crippen molar-refractivity contribution in [2.45, 2.75) is 6.42 Å². The molecule has 0 aliphatic rings. The molecule has 0 unspecified atom stereocenters. The Morgan fingerprint density at radius 2 is 1.73 bits per heavy atom. The monoisotopic (exact) mass is 506 g/mol. The van der Waals surface area contributed by atoms with Gasteiger partial charge >= 0.3 is 0 Å². The SMILES string of the molecule is COc1cc(/C=N/NC(=O)c2cccc(Cl)c2)cc(Cl)c1OCCCOc1ccccc1Cl. The number of hydrogen-bond acceptors (Lipinski definition) is 5. The molecular weight excluding hydrogens is 487 g/mol. The standard InChI is InChI=1S/C24H21Cl3N2O4/c1-31-22-13-16(15-28-29-24(30)17-6-4-7-18(25)14-17)12-20(27)23(22)33-11-5-10-32-21-9-3-2-8-19(21)26/h2-4,6-9,12-15H,5,10-11H2,1H3,(H,29,30)/b28-15+. The third kappa shape index (κ3) is 7.29. The van der Waals surface area contributed by atoms with E-state index in [1.54, 1.807) is 48.5 Å². The lowest BCUT2D eigenvalue weighted by atomic mass is 10.2. The number of nitrogens with zero attached hydrogens (tertiary/aromatic N) is 1. The van der Waals surface area contributed by atoms with Gasteiger partial charge in [0.1, 0.15) is 5.75 Å². The van der Waals surface area contributed by atoms with Gasteiger partial charge in [0.05, 0.1) is 36.6 Å². The zero-order chi connectivity index (χ0) is 23.6. The quantitative estimate of drug-likeness (QED) is 0.200. The highest BCUT2D eigenvalue weighted by Gasteiger charge is 2.12. The van der Waals surface area contributed by atoms with Gasteiger partial charge in [-0.15, -0.1) is 0 Å². The molecule has 33 heavy (non-hydrogen) atoms. The number of hydrogen-bond donors (Lipinski definition) is 1. The lowest BCUT2D eigenvalue weighted by molar-refractivity contribution is 0.0955. The molecule has 0 aliphatic heterocycles. The molecule has 0 bridgehead atoms. The summed E-state index contributed by atoms with van der Waals surface area (Å²) >= 11 is 18.4. The molecule has 1 N–H and O–H groups in total. The van der Waals surface area contributed by atoms with Gasteiger partial charge in [-0.2, -0.15) is 5.10 Å². The molecule has 3 aromatic carbocycles. The van der Waals surface area contributed by atoms with Crippen LogP contribution in [0.2, 0.25) is 15.1 Å². The van der Waals surface area contributed by atoms with Gasteiger partial charge in [-0.1, -0.05) is 53.0 Å². The van der Waals surface area contributed by atoms with E-state index >= 15 is 0 Å². The zero-order valence-electron chi connectivity index (χ0n) is 17.7. The van der Waals surface area contributed by atoms with E-state index in [0.29, 0.717) is 63.1 Å². The Morgan fingerprint density at radius 1 is 0.939 bits per heavy atom. The van der Waals surface area contributed by atoms with Gasteiger partial charge in [-0.3, -0.25) is 4.79 Å². The van der Waals surface area contributed by atoms with Crippen LogP contribution in [0.5, 0.6) is 17.2 Å². The van der Waals surface area contributed by atoms with Crippen LogP contribution in [-0.2, 0) is 0 Å². The summed E-state index contributed by atoms with van der Waals surface area (Å²) in [6.07, 6.45) is 2.07. The minimum atomic E-state index is -0.384. The number of methoxy groups -OCH3 is 1. The Hall–Kier alpha value is -2.93. The van der Waals surface area contributed by atoms with Gasteiger partial charge in [0.15, 0.2) is 11.5 Å². The summed E-state index contributed by atoms with van der Waals surface area (Å²) in [6.45, 7) is 0.796. The Kier molecular flexibility index (Phi) is 9.24. The van der Waals surface area contributed by atoms with Crippen LogP contribution in [0.15, 0.2) is 65.8 Å². The normalized spacial score (nSPS) is 10.8. The zero-order valence-corrected chi connectivity index (χ0v) is 20.0. The second-order valence-electron chi connectivity index (χ2n) is 6.72. The molecule has 1 amide bonds. The maximum atomic E-state index is 12.1. The van der Waals surface area contributed by atoms with Gasteiger partial charge < -0.3 is 14.2 Å². The van der Waals surface area contributed by atoms with E-state index in [2.05, 4.69) is 10.5 Å². The van der Waals surface area contributed by atoms with E-state index in [4.69, 9.17) is 49.0 Å². The van der Waals surface area contributed by atoms with E-state index in [1.807, 2.05) is 12.1 Å². The summed E-state index contributed by atoms with van der Waals surface area (Å²) < 4.78 is 16.8. The third-order valence-corrected chi connectivity index (χ3v) is 5.18. The van der Waals surface area contributed by atoms with Crippen molar-refractivity contribution in [3.8, 4) is 17.2 Å². The molecular formula is C24H21Cl3N2O4.